The minimum Gasteiger partial charge on any atom is -0.396 e. The van der Waals surface area contributed by atoms with Gasteiger partial charge >= 0.3 is 0 Å². The predicted molar refractivity (Wildman–Crippen MR) is 77.0 cm³/mol. The lowest BCUT2D eigenvalue weighted by Gasteiger charge is -2.19. The molecule has 2 rings (SSSR count). The molecule has 0 aliphatic rings. The highest BCUT2D eigenvalue weighted by Gasteiger charge is 2.20. The number of hydrogen-bond acceptors (Lipinski definition) is 4. The lowest BCUT2D eigenvalue weighted by molar-refractivity contribution is 0.0745. The van der Waals surface area contributed by atoms with E-state index in [1.165, 1.54) is 0 Å². The van der Waals surface area contributed by atoms with E-state index in [1.54, 1.807) is 22.0 Å². The summed E-state index contributed by atoms with van der Waals surface area (Å²) >= 11 is 0. The van der Waals surface area contributed by atoms with Crippen LogP contribution >= 0.6 is 0 Å². The maximum atomic E-state index is 12.5. The summed E-state index contributed by atoms with van der Waals surface area (Å²) < 4.78 is 1.66. The summed E-state index contributed by atoms with van der Waals surface area (Å²) in [5.74, 6) is -0.164. The second-order valence-corrected chi connectivity index (χ2v) is 4.43. The van der Waals surface area contributed by atoms with Crippen LogP contribution in [0.3, 0.4) is 0 Å². The van der Waals surface area contributed by atoms with Gasteiger partial charge in [0, 0.05) is 25.5 Å². The summed E-state index contributed by atoms with van der Waals surface area (Å²) in [7, 11) is 0. The lowest BCUT2D eigenvalue weighted by Crippen LogP contribution is -2.31. The number of aromatic nitrogens is 3. The molecule has 2 heterocycles. The van der Waals surface area contributed by atoms with Gasteiger partial charge in [-0.3, -0.25) is 14.5 Å². The van der Waals surface area contributed by atoms with E-state index in [4.69, 9.17) is 5.73 Å². The summed E-state index contributed by atoms with van der Waals surface area (Å²) in [6.07, 6.45) is 3.40. The number of nitrogens with two attached hydrogens (primary N) is 1. The third-order valence-corrected chi connectivity index (χ3v) is 3.06. The van der Waals surface area contributed by atoms with Gasteiger partial charge in [-0.2, -0.15) is 5.10 Å². The number of anilines is 1. The maximum absolute atomic E-state index is 12.5. The van der Waals surface area contributed by atoms with E-state index >= 15 is 0 Å². The van der Waals surface area contributed by atoms with E-state index in [1.807, 2.05) is 32.0 Å². The van der Waals surface area contributed by atoms with Crippen LogP contribution in [0.25, 0.3) is 0 Å². The molecule has 0 aromatic carbocycles. The van der Waals surface area contributed by atoms with Gasteiger partial charge in [0.1, 0.15) is 0 Å². The van der Waals surface area contributed by atoms with Gasteiger partial charge in [0.25, 0.3) is 5.91 Å². The molecule has 2 aromatic rings. The van der Waals surface area contributed by atoms with E-state index < -0.39 is 0 Å². The first kappa shape index (κ1) is 14.0. The molecule has 106 valence electrons. The molecule has 0 fully saturated rings. The van der Waals surface area contributed by atoms with Crippen molar-refractivity contribution in [2.24, 2.45) is 0 Å². The number of rotatable bonds is 5. The molecule has 0 bridgehead atoms. The predicted octanol–water partition coefficient (Wildman–Crippen LogP) is 1.54. The molecule has 0 unspecified atom stereocenters. The van der Waals surface area contributed by atoms with Crippen molar-refractivity contribution in [3.63, 3.8) is 0 Å². The van der Waals surface area contributed by atoms with E-state index in [0.717, 1.165) is 5.69 Å². The zero-order valence-electron chi connectivity index (χ0n) is 11.8. The van der Waals surface area contributed by atoms with Gasteiger partial charge in [-0.05, 0) is 26.0 Å². The summed E-state index contributed by atoms with van der Waals surface area (Å²) in [4.78, 5) is 18.4. The number of aryl methyl sites for hydroxylation is 1. The Labute approximate surface area is 118 Å². The van der Waals surface area contributed by atoms with Crippen molar-refractivity contribution in [2.45, 2.75) is 26.9 Å². The molecule has 6 heteroatoms. The Balaban J connectivity index is 2.18. The zero-order valence-corrected chi connectivity index (χ0v) is 11.8. The van der Waals surface area contributed by atoms with Gasteiger partial charge in [-0.1, -0.05) is 6.07 Å². The Morgan fingerprint density at radius 2 is 2.20 bits per heavy atom. The number of carbonyl (C=O) groups excluding carboxylic acids is 1. The van der Waals surface area contributed by atoms with Gasteiger partial charge in [-0.25, -0.2) is 0 Å². The van der Waals surface area contributed by atoms with E-state index in [2.05, 4.69) is 10.1 Å². The normalized spacial score (nSPS) is 10.5. The lowest BCUT2D eigenvalue weighted by atomic mass is 10.3. The number of carbonyl (C=O) groups is 1. The smallest absolute Gasteiger partial charge is 0.276 e. The molecule has 6 nitrogen and oxygen atoms in total. The Bertz CT molecular complexity index is 579. The SMILES string of the molecule is CCN(Cc1ccccn1)C(=O)c1nn(CC)cc1N. The third-order valence-electron chi connectivity index (χ3n) is 3.06. The molecular formula is C14H19N5O. The first-order chi connectivity index (χ1) is 9.65. The Hall–Kier alpha value is -2.37. The van der Waals surface area contributed by atoms with E-state index in [0.29, 0.717) is 31.0 Å². The average molecular weight is 273 g/mol. The zero-order chi connectivity index (χ0) is 14.5. The monoisotopic (exact) mass is 273 g/mol. The van der Waals surface area contributed by atoms with Crippen LogP contribution < -0.4 is 5.73 Å². The molecule has 20 heavy (non-hydrogen) atoms. The largest absolute Gasteiger partial charge is 0.396 e. The first-order valence-corrected chi connectivity index (χ1v) is 6.67. The molecule has 0 saturated carbocycles. The van der Waals surface area contributed by atoms with Gasteiger partial charge < -0.3 is 10.6 Å². The second kappa shape index (κ2) is 6.18. The highest BCUT2D eigenvalue weighted by atomic mass is 16.2. The standard InChI is InChI=1S/C14H19N5O/c1-3-18(9-11-7-5-6-8-16-11)14(20)13-12(15)10-19(4-2)17-13/h5-8,10H,3-4,9,15H2,1-2H3. The third kappa shape index (κ3) is 2.96. The fourth-order valence-corrected chi connectivity index (χ4v) is 1.93. The van der Waals surface area contributed by atoms with Crippen LogP contribution in [0.1, 0.15) is 30.0 Å². The summed E-state index contributed by atoms with van der Waals surface area (Å²) in [5, 5.41) is 4.22. The molecule has 0 atom stereocenters. The Kier molecular flexibility index (Phi) is 4.34. The Morgan fingerprint density at radius 3 is 2.75 bits per heavy atom. The number of hydrogen-bond donors (Lipinski definition) is 1. The molecule has 0 radical (unpaired) electrons. The molecule has 0 spiro atoms. The van der Waals surface area contributed by atoms with Crippen LogP contribution in [0, 0.1) is 0 Å². The van der Waals surface area contributed by atoms with Gasteiger partial charge in [0.05, 0.1) is 17.9 Å². The highest BCUT2D eigenvalue weighted by molar-refractivity contribution is 5.97. The van der Waals surface area contributed by atoms with E-state index in [9.17, 15) is 4.79 Å². The molecule has 2 aromatic heterocycles. The van der Waals surface area contributed by atoms with Crippen molar-refractivity contribution < 1.29 is 4.79 Å². The van der Waals surface area contributed by atoms with Gasteiger partial charge in [0.2, 0.25) is 0 Å². The van der Waals surface area contributed by atoms with Crippen molar-refractivity contribution >= 4 is 11.6 Å². The average Bonchev–Trinajstić information content (AvgIpc) is 2.86. The van der Waals surface area contributed by atoms with Crippen LogP contribution in [0.4, 0.5) is 5.69 Å². The molecular weight excluding hydrogens is 254 g/mol. The fraction of sp³-hybridized carbons (Fsp3) is 0.357. The summed E-state index contributed by atoms with van der Waals surface area (Å²) in [5.41, 5.74) is 7.42. The number of nitrogen functional groups attached to an aromatic ring is 1. The van der Waals surface area contributed by atoms with Crippen molar-refractivity contribution in [1.82, 2.24) is 19.7 Å². The van der Waals surface area contributed by atoms with Crippen LogP contribution in [0.5, 0.6) is 0 Å². The maximum Gasteiger partial charge on any atom is 0.276 e. The molecule has 0 aliphatic carbocycles. The van der Waals surface area contributed by atoms with Gasteiger partial charge in [0.15, 0.2) is 5.69 Å². The highest BCUT2D eigenvalue weighted by Crippen LogP contribution is 2.13. The molecule has 0 saturated heterocycles. The number of nitrogens with zero attached hydrogens (tertiary/aromatic N) is 4. The minimum absolute atomic E-state index is 0.164. The fourth-order valence-electron chi connectivity index (χ4n) is 1.93. The molecule has 2 N–H and O–H groups in total. The van der Waals surface area contributed by atoms with Crippen molar-refractivity contribution in [3.8, 4) is 0 Å². The van der Waals surface area contributed by atoms with Crippen LogP contribution in [-0.4, -0.2) is 32.1 Å². The first-order valence-electron chi connectivity index (χ1n) is 6.67. The second-order valence-electron chi connectivity index (χ2n) is 4.43. The van der Waals surface area contributed by atoms with Crippen molar-refractivity contribution in [3.05, 3.63) is 42.0 Å². The molecule has 0 aliphatic heterocycles. The van der Waals surface area contributed by atoms with Gasteiger partial charge in [-0.15, -0.1) is 0 Å². The molecule has 1 amide bonds. The number of amides is 1. The van der Waals surface area contributed by atoms with E-state index in [-0.39, 0.29) is 5.91 Å². The topological polar surface area (TPSA) is 77.0 Å². The van der Waals surface area contributed by atoms with Crippen LogP contribution in [0.2, 0.25) is 0 Å². The summed E-state index contributed by atoms with van der Waals surface area (Å²) in [6.45, 7) is 5.59. The van der Waals surface area contributed by atoms with Crippen molar-refractivity contribution in [2.75, 3.05) is 12.3 Å². The quantitative estimate of drug-likeness (QED) is 0.896. The Morgan fingerprint density at radius 1 is 1.40 bits per heavy atom. The number of pyridine rings is 1. The van der Waals surface area contributed by atoms with Crippen LogP contribution in [-0.2, 0) is 13.1 Å². The summed E-state index contributed by atoms with van der Waals surface area (Å²) in [6, 6.07) is 5.65. The van der Waals surface area contributed by atoms with Crippen molar-refractivity contribution in [1.29, 1.82) is 0 Å². The minimum atomic E-state index is -0.164. The van der Waals surface area contributed by atoms with Crippen LogP contribution in [0.15, 0.2) is 30.6 Å².